The average molecular weight is 222 g/mol. The van der Waals surface area contributed by atoms with Crippen LogP contribution in [0, 0.1) is 11.3 Å². The number of carbonyl (C=O) groups excluding carboxylic acids is 1. The molecule has 4 bridgehead atoms. The van der Waals surface area contributed by atoms with Gasteiger partial charge in [0.25, 0.3) is 0 Å². The smallest absolute Gasteiger partial charge is 0.150 e. The molecule has 0 amide bonds. The summed E-state index contributed by atoms with van der Waals surface area (Å²) in [7, 11) is 0. The highest BCUT2D eigenvalue weighted by Gasteiger charge is 2.60. The quantitative estimate of drug-likeness (QED) is 0.719. The molecule has 1 saturated carbocycles. The SMILES string of the molecule is CC[C@H](O)[C@@]12CCC[C@@H](C1=O)[C@H]1C=C[C@@H]2O1. The molecule has 16 heavy (non-hydrogen) atoms. The maximum Gasteiger partial charge on any atom is 0.150 e. The molecule has 0 unspecified atom stereocenters. The molecule has 1 saturated heterocycles. The van der Waals surface area contributed by atoms with Gasteiger partial charge in [-0.25, -0.2) is 0 Å². The first-order chi connectivity index (χ1) is 7.70. The second-order valence-corrected chi connectivity index (χ2v) is 5.23. The molecule has 3 aliphatic rings. The second kappa shape index (κ2) is 3.41. The molecule has 0 aromatic carbocycles. The van der Waals surface area contributed by atoms with E-state index in [2.05, 4.69) is 0 Å². The van der Waals surface area contributed by atoms with Crippen molar-refractivity contribution < 1.29 is 14.6 Å². The Hall–Kier alpha value is -0.670. The van der Waals surface area contributed by atoms with Gasteiger partial charge in [0.2, 0.25) is 0 Å². The van der Waals surface area contributed by atoms with Crippen LogP contribution in [-0.2, 0) is 9.53 Å². The number of ether oxygens (including phenoxy) is 1. The molecule has 1 aliphatic carbocycles. The molecule has 1 N–H and O–H groups in total. The highest BCUT2D eigenvalue weighted by Crippen LogP contribution is 2.52. The number of aliphatic hydroxyl groups excluding tert-OH is 1. The van der Waals surface area contributed by atoms with E-state index in [1.54, 1.807) is 0 Å². The maximum absolute atomic E-state index is 12.5. The van der Waals surface area contributed by atoms with Gasteiger partial charge in [-0.3, -0.25) is 4.79 Å². The monoisotopic (exact) mass is 222 g/mol. The summed E-state index contributed by atoms with van der Waals surface area (Å²) in [6.07, 6.45) is 6.60. The van der Waals surface area contributed by atoms with Crippen molar-refractivity contribution in [2.24, 2.45) is 11.3 Å². The van der Waals surface area contributed by atoms with Gasteiger partial charge < -0.3 is 9.84 Å². The zero-order valence-electron chi connectivity index (χ0n) is 9.56. The minimum absolute atomic E-state index is 0.00931. The Bertz CT molecular complexity index is 349. The first kappa shape index (κ1) is 10.5. The predicted octanol–water partition coefficient (Wildman–Crippen LogP) is 1.45. The molecule has 2 fully saturated rings. The lowest BCUT2D eigenvalue weighted by molar-refractivity contribution is -0.184. The van der Waals surface area contributed by atoms with Crippen LogP contribution in [0.2, 0.25) is 0 Å². The minimum atomic E-state index is -0.638. The second-order valence-electron chi connectivity index (χ2n) is 5.23. The molecule has 2 aliphatic heterocycles. The third-order valence-corrected chi connectivity index (χ3v) is 4.57. The molecule has 5 atom stereocenters. The normalized spacial score (nSPS) is 47.1. The fourth-order valence-corrected chi connectivity index (χ4v) is 3.69. The average Bonchev–Trinajstić information content (AvgIpc) is 2.74. The van der Waals surface area contributed by atoms with Gasteiger partial charge in [-0.05, 0) is 19.3 Å². The lowest BCUT2D eigenvalue weighted by atomic mass is 9.60. The van der Waals surface area contributed by atoms with Crippen molar-refractivity contribution in [3.63, 3.8) is 0 Å². The fourth-order valence-electron chi connectivity index (χ4n) is 3.69. The Labute approximate surface area is 95.5 Å². The van der Waals surface area contributed by atoms with E-state index in [4.69, 9.17) is 4.74 Å². The lowest BCUT2D eigenvalue weighted by Gasteiger charge is -2.50. The van der Waals surface area contributed by atoms with Gasteiger partial charge >= 0.3 is 0 Å². The predicted molar refractivity (Wildman–Crippen MR) is 58.9 cm³/mol. The summed E-state index contributed by atoms with van der Waals surface area (Å²) >= 11 is 0. The summed E-state index contributed by atoms with van der Waals surface area (Å²) in [4.78, 5) is 12.5. The number of rotatable bonds is 2. The van der Waals surface area contributed by atoms with Gasteiger partial charge in [-0.15, -0.1) is 0 Å². The Morgan fingerprint density at radius 2 is 2.44 bits per heavy atom. The van der Waals surface area contributed by atoms with Crippen LogP contribution in [0.5, 0.6) is 0 Å². The van der Waals surface area contributed by atoms with Gasteiger partial charge in [0.05, 0.1) is 23.7 Å². The highest BCUT2D eigenvalue weighted by atomic mass is 16.5. The van der Waals surface area contributed by atoms with Crippen molar-refractivity contribution in [1.29, 1.82) is 0 Å². The molecule has 0 aromatic heterocycles. The van der Waals surface area contributed by atoms with Gasteiger partial charge in [-0.1, -0.05) is 25.5 Å². The Morgan fingerprint density at radius 3 is 3.19 bits per heavy atom. The van der Waals surface area contributed by atoms with Crippen molar-refractivity contribution >= 4 is 5.78 Å². The molecule has 3 rings (SSSR count). The highest BCUT2D eigenvalue weighted by molar-refractivity contribution is 5.91. The Balaban J connectivity index is 2.06. The van der Waals surface area contributed by atoms with Gasteiger partial charge in [0.1, 0.15) is 0 Å². The van der Waals surface area contributed by atoms with Gasteiger partial charge in [0.15, 0.2) is 5.78 Å². The van der Waals surface area contributed by atoms with E-state index in [1.165, 1.54) is 0 Å². The molecule has 2 heterocycles. The number of ketones is 1. The lowest BCUT2D eigenvalue weighted by Crippen LogP contribution is -2.60. The van der Waals surface area contributed by atoms with Crippen LogP contribution in [0.3, 0.4) is 0 Å². The first-order valence-electron chi connectivity index (χ1n) is 6.26. The Morgan fingerprint density at radius 1 is 1.62 bits per heavy atom. The third-order valence-electron chi connectivity index (χ3n) is 4.57. The number of Topliss-reactive ketones (excluding diaryl/α,β-unsaturated/α-hetero) is 1. The zero-order valence-corrected chi connectivity index (χ0v) is 9.56. The molecule has 0 aromatic rings. The van der Waals surface area contributed by atoms with Crippen molar-refractivity contribution in [2.75, 3.05) is 0 Å². The van der Waals surface area contributed by atoms with Gasteiger partial charge in [-0.2, -0.15) is 0 Å². The zero-order chi connectivity index (χ0) is 11.3. The number of hydrogen-bond donors (Lipinski definition) is 1. The number of hydrogen-bond acceptors (Lipinski definition) is 3. The molecule has 3 nitrogen and oxygen atoms in total. The van der Waals surface area contributed by atoms with Crippen molar-refractivity contribution in [3.05, 3.63) is 12.2 Å². The van der Waals surface area contributed by atoms with E-state index in [0.29, 0.717) is 6.42 Å². The summed E-state index contributed by atoms with van der Waals surface area (Å²) in [6.45, 7) is 1.93. The Kier molecular flexibility index (Phi) is 2.23. The van der Waals surface area contributed by atoms with Crippen molar-refractivity contribution in [2.45, 2.75) is 50.9 Å². The van der Waals surface area contributed by atoms with E-state index in [-0.39, 0.29) is 23.9 Å². The van der Waals surface area contributed by atoms with E-state index in [0.717, 1.165) is 19.3 Å². The summed E-state index contributed by atoms with van der Waals surface area (Å²) in [5.74, 6) is 0.240. The summed E-state index contributed by atoms with van der Waals surface area (Å²) < 4.78 is 5.87. The number of aliphatic hydroxyl groups is 1. The van der Waals surface area contributed by atoms with Crippen LogP contribution in [-0.4, -0.2) is 29.2 Å². The maximum atomic E-state index is 12.5. The van der Waals surface area contributed by atoms with E-state index < -0.39 is 11.5 Å². The van der Waals surface area contributed by atoms with Crippen LogP contribution < -0.4 is 0 Å². The summed E-state index contributed by atoms with van der Waals surface area (Å²) in [5.41, 5.74) is -0.638. The van der Waals surface area contributed by atoms with Crippen LogP contribution in [0.15, 0.2) is 12.2 Å². The standard InChI is InChI=1S/C13H18O3/c1-2-10(14)13-7-3-4-8(12(13)15)9-5-6-11(13)16-9/h5-6,8-11,14H,2-4,7H2,1H3/t8-,9-,10+,11+,13-/m1/s1. The van der Waals surface area contributed by atoms with Crippen LogP contribution in [0.1, 0.15) is 32.6 Å². The topological polar surface area (TPSA) is 46.5 Å². The van der Waals surface area contributed by atoms with E-state index in [1.807, 2.05) is 19.1 Å². The number of carbonyl (C=O) groups is 1. The molecule has 3 heteroatoms. The largest absolute Gasteiger partial charge is 0.392 e. The number of fused-ring (bicyclic) bond motifs is 6. The van der Waals surface area contributed by atoms with Crippen molar-refractivity contribution in [1.82, 2.24) is 0 Å². The molecular formula is C13H18O3. The fraction of sp³-hybridized carbons (Fsp3) is 0.769. The van der Waals surface area contributed by atoms with Crippen LogP contribution in [0.4, 0.5) is 0 Å². The molecule has 0 spiro atoms. The van der Waals surface area contributed by atoms with Crippen LogP contribution in [0.25, 0.3) is 0 Å². The molecular weight excluding hydrogens is 204 g/mol. The van der Waals surface area contributed by atoms with Crippen LogP contribution >= 0.6 is 0 Å². The summed E-state index contributed by atoms with van der Waals surface area (Å²) in [5, 5.41) is 10.2. The van der Waals surface area contributed by atoms with Gasteiger partial charge in [0, 0.05) is 5.92 Å². The molecule has 0 radical (unpaired) electrons. The first-order valence-corrected chi connectivity index (χ1v) is 6.26. The molecule has 88 valence electrons. The summed E-state index contributed by atoms with van der Waals surface area (Å²) in [6, 6.07) is 0. The van der Waals surface area contributed by atoms with E-state index >= 15 is 0 Å². The minimum Gasteiger partial charge on any atom is -0.392 e. The third kappa shape index (κ3) is 1.08. The van der Waals surface area contributed by atoms with E-state index in [9.17, 15) is 9.90 Å². The van der Waals surface area contributed by atoms with Crippen molar-refractivity contribution in [3.8, 4) is 0 Å².